The highest BCUT2D eigenvalue weighted by atomic mass is 19.3. The average Bonchev–Trinajstić information content (AvgIpc) is 2.17. The minimum absolute atomic E-state index is 0.219. The van der Waals surface area contributed by atoms with Gasteiger partial charge in [0.05, 0.1) is 5.69 Å². The number of rotatable bonds is 4. The Kier molecular flexibility index (Phi) is 3.27. The second-order valence-electron chi connectivity index (χ2n) is 4.29. The molecule has 0 heterocycles. The van der Waals surface area contributed by atoms with Crippen LogP contribution in [0, 0.1) is 5.92 Å². The van der Waals surface area contributed by atoms with Crippen LogP contribution in [-0.4, -0.2) is 12.7 Å². The van der Waals surface area contributed by atoms with E-state index in [1.807, 2.05) is 6.07 Å². The number of para-hydroxylation sites is 2. The van der Waals surface area contributed by atoms with E-state index in [0.29, 0.717) is 11.7 Å². The first-order chi connectivity index (χ1) is 7.65. The molecule has 1 N–H and O–H groups in total. The summed E-state index contributed by atoms with van der Waals surface area (Å²) in [6.07, 6.45) is 2.17. The van der Waals surface area contributed by atoms with Gasteiger partial charge in [0.1, 0.15) is 5.75 Å². The fraction of sp³-hybridized carbons (Fsp3) is 0.500. The van der Waals surface area contributed by atoms with E-state index in [1.54, 1.807) is 18.2 Å². The molecule has 0 aromatic heterocycles. The maximum atomic E-state index is 12.1. The summed E-state index contributed by atoms with van der Waals surface area (Å²) >= 11 is 0. The fourth-order valence-corrected chi connectivity index (χ4v) is 2.02. The molecule has 16 heavy (non-hydrogen) atoms. The molecule has 1 fully saturated rings. The Labute approximate surface area is 93.6 Å². The number of halogens is 2. The third-order valence-corrected chi connectivity index (χ3v) is 2.84. The monoisotopic (exact) mass is 227 g/mol. The number of ether oxygens (including phenoxy) is 1. The number of hydrogen-bond donors (Lipinski definition) is 1. The lowest BCUT2D eigenvalue weighted by Gasteiger charge is -2.34. The highest BCUT2D eigenvalue weighted by molar-refractivity contribution is 5.57. The number of anilines is 1. The second-order valence-corrected chi connectivity index (χ2v) is 4.29. The average molecular weight is 227 g/mol. The SMILES string of the molecule is CC1CC(Nc2ccccc2OC(F)F)C1. The molecule has 1 aliphatic rings. The van der Waals surface area contributed by atoms with E-state index in [-0.39, 0.29) is 5.75 Å². The largest absolute Gasteiger partial charge is 0.433 e. The maximum Gasteiger partial charge on any atom is 0.387 e. The molecule has 1 aliphatic carbocycles. The van der Waals surface area contributed by atoms with E-state index in [9.17, 15) is 8.78 Å². The third kappa shape index (κ3) is 2.62. The van der Waals surface area contributed by atoms with Crippen molar-refractivity contribution in [1.29, 1.82) is 0 Å². The van der Waals surface area contributed by atoms with Crippen LogP contribution in [0.2, 0.25) is 0 Å². The van der Waals surface area contributed by atoms with Crippen LogP contribution in [0.3, 0.4) is 0 Å². The van der Waals surface area contributed by atoms with Crippen LogP contribution in [0.1, 0.15) is 19.8 Å². The van der Waals surface area contributed by atoms with E-state index in [0.717, 1.165) is 18.8 Å². The van der Waals surface area contributed by atoms with Crippen molar-refractivity contribution < 1.29 is 13.5 Å². The molecule has 0 spiro atoms. The molecular formula is C12H15F2NO. The minimum Gasteiger partial charge on any atom is -0.433 e. The topological polar surface area (TPSA) is 21.3 Å². The zero-order valence-electron chi connectivity index (χ0n) is 9.12. The summed E-state index contributed by atoms with van der Waals surface area (Å²) in [7, 11) is 0. The molecule has 0 saturated heterocycles. The molecule has 4 heteroatoms. The zero-order chi connectivity index (χ0) is 11.5. The number of alkyl halides is 2. The molecular weight excluding hydrogens is 212 g/mol. The van der Waals surface area contributed by atoms with Gasteiger partial charge in [0.2, 0.25) is 0 Å². The normalized spacial score (nSPS) is 24.0. The van der Waals surface area contributed by atoms with Crippen LogP contribution in [0.4, 0.5) is 14.5 Å². The molecule has 1 saturated carbocycles. The van der Waals surface area contributed by atoms with Gasteiger partial charge in [-0.3, -0.25) is 0 Å². The molecule has 1 aromatic rings. The summed E-state index contributed by atoms with van der Waals surface area (Å²) in [5.74, 6) is 0.942. The van der Waals surface area contributed by atoms with E-state index in [1.165, 1.54) is 0 Å². The zero-order valence-corrected chi connectivity index (χ0v) is 9.12. The van der Waals surface area contributed by atoms with Crippen molar-refractivity contribution in [2.75, 3.05) is 5.32 Å². The molecule has 0 bridgehead atoms. The van der Waals surface area contributed by atoms with Gasteiger partial charge in [-0.05, 0) is 30.9 Å². The van der Waals surface area contributed by atoms with Crippen LogP contribution in [-0.2, 0) is 0 Å². The Hall–Kier alpha value is -1.32. The van der Waals surface area contributed by atoms with Crippen LogP contribution >= 0.6 is 0 Å². The van der Waals surface area contributed by atoms with Gasteiger partial charge in [0.25, 0.3) is 0 Å². The van der Waals surface area contributed by atoms with Gasteiger partial charge in [0.15, 0.2) is 0 Å². The van der Waals surface area contributed by atoms with Crippen molar-refractivity contribution in [3.8, 4) is 5.75 Å². The van der Waals surface area contributed by atoms with E-state index < -0.39 is 6.61 Å². The predicted molar refractivity (Wildman–Crippen MR) is 58.9 cm³/mol. The Morgan fingerprint density at radius 3 is 2.62 bits per heavy atom. The lowest BCUT2D eigenvalue weighted by molar-refractivity contribution is -0.0494. The second kappa shape index (κ2) is 4.68. The van der Waals surface area contributed by atoms with Crippen molar-refractivity contribution in [1.82, 2.24) is 0 Å². The first kappa shape index (κ1) is 11.2. The van der Waals surface area contributed by atoms with Gasteiger partial charge in [-0.2, -0.15) is 8.78 Å². The van der Waals surface area contributed by atoms with E-state index in [4.69, 9.17) is 0 Å². The molecule has 0 unspecified atom stereocenters. The smallest absolute Gasteiger partial charge is 0.387 e. The lowest BCUT2D eigenvalue weighted by Crippen LogP contribution is -2.33. The van der Waals surface area contributed by atoms with Crippen LogP contribution in [0.15, 0.2) is 24.3 Å². The van der Waals surface area contributed by atoms with Crippen LogP contribution in [0.25, 0.3) is 0 Å². The van der Waals surface area contributed by atoms with E-state index >= 15 is 0 Å². The van der Waals surface area contributed by atoms with Gasteiger partial charge < -0.3 is 10.1 Å². The minimum atomic E-state index is -2.77. The molecule has 1 aromatic carbocycles. The number of benzene rings is 1. The number of nitrogens with one attached hydrogen (secondary N) is 1. The highest BCUT2D eigenvalue weighted by Gasteiger charge is 2.25. The van der Waals surface area contributed by atoms with Gasteiger partial charge in [-0.25, -0.2) is 0 Å². The molecule has 0 atom stereocenters. The summed E-state index contributed by atoms with van der Waals surface area (Å²) in [5, 5.41) is 3.22. The summed E-state index contributed by atoms with van der Waals surface area (Å²) in [4.78, 5) is 0. The van der Waals surface area contributed by atoms with Crippen molar-refractivity contribution in [2.24, 2.45) is 5.92 Å². The summed E-state index contributed by atoms with van der Waals surface area (Å²) in [5.41, 5.74) is 0.653. The molecule has 0 radical (unpaired) electrons. The maximum absolute atomic E-state index is 12.1. The molecule has 88 valence electrons. The highest BCUT2D eigenvalue weighted by Crippen LogP contribution is 2.33. The Bertz CT molecular complexity index is 351. The molecule has 2 rings (SSSR count). The number of hydrogen-bond acceptors (Lipinski definition) is 2. The molecule has 0 aliphatic heterocycles. The van der Waals surface area contributed by atoms with Gasteiger partial charge in [0, 0.05) is 6.04 Å². The third-order valence-electron chi connectivity index (χ3n) is 2.84. The molecule has 2 nitrogen and oxygen atoms in total. The van der Waals surface area contributed by atoms with Crippen molar-refractivity contribution in [2.45, 2.75) is 32.4 Å². The Morgan fingerprint density at radius 2 is 2.00 bits per heavy atom. The van der Waals surface area contributed by atoms with Crippen molar-refractivity contribution >= 4 is 5.69 Å². The van der Waals surface area contributed by atoms with E-state index in [2.05, 4.69) is 17.0 Å². The summed E-state index contributed by atoms with van der Waals surface area (Å²) in [6.45, 7) is -0.594. The lowest BCUT2D eigenvalue weighted by atomic mass is 9.82. The first-order valence-electron chi connectivity index (χ1n) is 5.45. The van der Waals surface area contributed by atoms with Gasteiger partial charge >= 0.3 is 6.61 Å². The van der Waals surface area contributed by atoms with Crippen molar-refractivity contribution in [3.63, 3.8) is 0 Å². The van der Waals surface area contributed by atoms with Gasteiger partial charge in [-0.1, -0.05) is 19.1 Å². The van der Waals surface area contributed by atoms with Crippen LogP contribution < -0.4 is 10.1 Å². The summed E-state index contributed by atoms with van der Waals surface area (Å²) in [6, 6.07) is 7.20. The quantitative estimate of drug-likeness (QED) is 0.850. The standard InChI is InChI=1S/C12H15F2NO/c1-8-6-9(7-8)15-10-4-2-3-5-11(10)16-12(13)14/h2-5,8-9,12,15H,6-7H2,1H3. The predicted octanol–water partition coefficient (Wildman–Crippen LogP) is 3.50. The Balaban J connectivity index is 2.01. The van der Waals surface area contributed by atoms with Crippen LogP contribution in [0.5, 0.6) is 5.75 Å². The summed E-state index contributed by atoms with van der Waals surface area (Å²) < 4.78 is 28.7. The Morgan fingerprint density at radius 1 is 1.31 bits per heavy atom. The molecule has 0 amide bonds. The fourth-order valence-electron chi connectivity index (χ4n) is 2.02. The van der Waals surface area contributed by atoms with Crippen molar-refractivity contribution in [3.05, 3.63) is 24.3 Å². The first-order valence-corrected chi connectivity index (χ1v) is 5.45. The van der Waals surface area contributed by atoms with Gasteiger partial charge in [-0.15, -0.1) is 0 Å².